The normalized spacial score (nSPS) is 19.1. The van der Waals surface area contributed by atoms with Gasteiger partial charge in [-0.3, -0.25) is 4.79 Å². The van der Waals surface area contributed by atoms with Gasteiger partial charge < -0.3 is 9.64 Å². The molecule has 1 aromatic heterocycles. The second-order valence-electron chi connectivity index (χ2n) is 4.70. The molecule has 0 N–H and O–H groups in total. The van der Waals surface area contributed by atoms with E-state index in [2.05, 4.69) is 4.98 Å². The van der Waals surface area contributed by atoms with Gasteiger partial charge in [0.2, 0.25) is 0 Å². The maximum atomic E-state index is 12.2. The predicted molar refractivity (Wildman–Crippen MR) is 65.2 cm³/mol. The first-order valence-corrected chi connectivity index (χ1v) is 5.90. The molecule has 0 radical (unpaired) electrons. The Morgan fingerprint density at radius 1 is 1.53 bits per heavy atom. The van der Waals surface area contributed by atoms with Crippen LogP contribution in [0, 0.1) is 0 Å². The van der Waals surface area contributed by atoms with E-state index in [-0.39, 0.29) is 11.5 Å². The molecule has 5 heteroatoms. The molecule has 0 spiro atoms. The number of halogens is 1. The highest BCUT2D eigenvalue weighted by atomic mass is 35.5. The summed E-state index contributed by atoms with van der Waals surface area (Å²) in [6.45, 7) is 5.73. The molecule has 2 heterocycles. The molecule has 92 valence electrons. The highest BCUT2D eigenvalue weighted by Crippen LogP contribution is 2.18. The van der Waals surface area contributed by atoms with Gasteiger partial charge >= 0.3 is 0 Å². The maximum Gasteiger partial charge on any atom is 0.255 e. The van der Waals surface area contributed by atoms with Crippen molar-refractivity contribution in [2.75, 3.05) is 19.7 Å². The van der Waals surface area contributed by atoms with E-state index in [4.69, 9.17) is 16.3 Å². The fourth-order valence-corrected chi connectivity index (χ4v) is 1.99. The number of amides is 1. The van der Waals surface area contributed by atoms with Crippen LogP contribution in [0.15, 0.2) is 18.3 Å². The number of pyridine rings is 1. The van der Waals surface area contributed by atoms with Gasteiger partial charge in [-0.25, -0.2) is 4.98 Å². The molecular weight excluding hydrogens is 240 g/mol. The Morgan fingerprint density at radius 3 is 2.88 bits per heavy atom. The number of carbonyl (C=O) groups is 1. The first kappa shape index (κ1) is 12.3. The van der Waals surface area contributed by atoms with Crippen LogP contribution in [0.2, 0.25) is 5.15 Å². The lowest BCUT2D eigenvalue weighted by atomic mass is 10.1. The first-order valence-electron chi connectivity index (χ1n) is 5.53. The number of rotatable bonds is 1. The molecule has 2 rings (SSSR count). The molecule has 0 unspecified atom stereocenters. The zero-order valence-electron chi connectivity index (χ0n) is 9.94. The second kappa shape index (κ2) is 4.63. The Bertz CT molecular complexity index is 417. The summed E-state index contributed by atoms with van der Waals surface area (Å²) in [5, 5.41) is 0.392. The molecule has 0 atom stereocenters. The van der Waals surface area contributed by atoms with Gasteiger partial charge in [0.05, 0.1) is 17.8 Å². The van der Waals surface area contributed by atoms with E-state index >= 15 is 0 Å². The van der Waals surface area contributed by atoms with Crippen molar-refractivity contribution >= 4 is 17.5 Å². The molecule has 0 aliphatic carbocycles. The van der Waals surface area contributed by atoms with Crippen LogP contribution < -0.4 is 0 Å². The molecule has 4 nitrogen and oxygen atoms in total. The maximum absolute atomic E-state index is 12.2. The largest absolute Gasteiger partial charge is 0.372 e. The molecule has 0 saturated carbocycles. The number of ether oxygens (including phenoxy) is 1. The van der Waals surface area contributed by atoms with Gasteiger partial charge in [-0.2, -0.15) is 0 Å². The third-order valence-corrected chi connectivity index (χ3v) is 2.91. The van der Waals surface area contributed by atoms with Crippen molar-refractivity contribution in [2.24, 2.45) is 0 Å². The van der Waals surface area contributed by atoms with Crippen LogP contribution in [0.3, 0.4) is 0 Å². The third kappa shape index (κ3) is 2.96. The van der Waals surface area contributed by atoms with E-state index in [0.717, 1.165) is 0 Å². The molecule has 1 fully saturated rings. The molecule has 1 aromatic rings. The number of carbonyl (C=O) groups excluding carboxylic acids is 1. The number of nitrogens with zero attached hydrogens (tertiary/aromatic N) is 2. The van der Waals surface area contributed by atoms with E-state index in [0.29, 0.717) is 30.4 Å². The van der Waals surface area contributed by atoms with Crippen LogP contribution in [0.5, 0.6) is 0 Å². The van der Waals surface area contributed by atoms with E-state index in [1.807, 2.05) is 13.8 Å². The van der Waals surface area contributed by atoms with E-state index in [1.54, 1.807) is 17.0 Å². The quantitative estimate of drug-likeness (QED) is 0.720. The summed E-state index contributed by atoms with van der Waals surface area (Å²) < 4.78 is 5.57. The van der Waals surface area contributed by atoms with Gasteiger partial charge in [-0.1, -0.05) is 11.6 Å². The van der Waals surface area contributed by atoms with Gasteiger partial charge in [0.1, 0.15) is 5.15 Å². The van der Waals surface area contributed by atoms with Crippen LogP contribution in [0.25, 0.3) is 0 Å². The van der Waals surface area contributed by atoms with E-state index in [1.165, 1.54) is 6.20 Å². The number of hydrogen-bond acceptors (Lipinski definition) is 3. The van der Waals surface area contributed by atoms with Gasteiger partial charge in [0, 0.05) is 19.3 Å². The summed E-state index contributed by atoms with van der Waals surface area (Å²) in [6.07, 6.45) is 1.51. The molecule has 0 bridgehead atoms. The highest BCUT2D eigenvalue weighted by Gasteiger charge is 2.30. The van der Waals surface area contributed by atoms with Crippen molar-refractivity contribution in [2.45, 2.75) is 19.4 Å². The van der Waals surface area contributed by atoms with E-state index < -0.39 is 0 Å². The van der Waals surface area contributed by atoms with Crippen molar-refractivity contribution in [3.05, 3.63) is 29.0 Å². The molecule has 1 saturated heterocycles. The Hall–Kier alpha value is -1.13. The standard InChI is InChI=1S/C12H15ClN2O2/c1-12(2)8-15(5-6-17-12)11(16)9-3-4-10(13)14-7-9/h3-4,7H,5-6,8H2,1-2H3. The van der Waals surface area contributed by atoms with Crippen molar-refractivity contribution in [1.29, 1.82) is 0 Å². The van der Waals surface area contributed by atoms with Crippen LogP contribution in [0.4, 0.5) is 0 Å². The molecular formula is C12H15ClN2O2. The van der Waals surface area contributed by atoms with Gasteiger partial charge in [0.25, 0.3) is 5.91 Å². The smallest absolute Gasteiger partial charge is 0.255 e. The molecule has 1 aliphatic heterocycles. The lowest BCUT2D eigenvalue weighted by molar-refractivity contribution is -0.0764. The summed E-state index contributed by atoms with van der Waals surface area (Å²) in [7, 11) is 0. The highest BCUT2D eigenvalue weighted by molar-refractivity contribution is 6.29. The number of hydrogen-bond donors (Lipinski definition) is 0. The van der Waals surface area contributed by atoms with Gasteiger partial charge in [-0.15, -0.1) is 0 Å². The molecule has 17 heavy (non-hydrogen) atoms. The van der Waals surface area contributed by atoms with Crippen molar-refractivity contribution < 1.29 is 9.53 Å². The minimum absolute atomic E-state index is 0.0226. The lowest BCUT2D eigenvalue weighted by Crippen LogP contribution is -2.50. The lowest BCUT2D eigenvalue weighted by Gasteiger charge is -2.38. The Labute approximate surface area is 106 Å². The van der Waals surface area contributed by atoms with Gasteiger partial charge in [0.15, 0.2) is 0 Å². The van der Waals surface area contributed by atoms with Gasteiger partial charge in [-0.05, 0) is 26.0 Å². The minimum Gasteiger partial charge on any atom is -0.372 e. The van der Waals surface area contributed by atoms with E-state index in [9.17, 15) is 4.79 Å². The first-order chi connectivity index (χ1) is 7.98. The Kier molecular flexibility index (Phi) is 3.35. The second-order valence-corrected chi connectivity index (χ2v) is 5.09. The fourth-order valence-electron chi connectivity index (χ4n) is 1.87. The predicted octanol–water partition coefficient (Wildman–Crippen LogP) is 1.99. The average Bonchev–Trinajstić information content (AvgIpc) is 2.28. The fraction of sp³-hybridized carbons (Fsp3) is 0.500. The summed E-state index contributed by atoms with van der Waals surface area (Å²) >= 11 is 5.69. The Balaban J connectivity index is 2.12. The van der Waals surface area contributed by atoms with Crippen LogP contribution in [-0.4, -0.2) is 41.1 Å². The van der Waals surface area contributed by atoms with Crippen LogP contribution >= 0.6 is 11.6 Å². The number of aromatic nitrogens is 1. The van der Waals surface area contributed by atoms with Crippen molar-refractivity contribution in [3.63, 3.8) is 0 Å². The number of morpholine rings is 1. The topological polar surface area (TPSA) is 42.4 Å². The average molecular weight is 255 g/mol. The zero-order valence-corrected chi connectivity index (χ0v) is 10.7. The third-order valence-electron chi connectivity index (χ3n) is 2.69. The summed E-state index contributed by atoms with van der Waals surface area (Å²) in [4.78, 5) is 17.9. The minimum atomic E-state index is -0.284. The monoisotopic (exact) mass is 254 g/mol. The van der Waals surface area contributed by atoms with Crippen molar-refractivity contribution in [1.82, 2.24) is 9.88 Å². The molecule has 1 amide bonds. The SMILES string of the molecule is CC1(C)CN(C(=O)c2ccc(Cl)nc2)CCO1. The summed E-state index contributed by atoms with van der Waals surface area (Å²) in [6, 6.07) is 3.32. The summed E-state index contributed by atoms with van der Waals surface area (Å²) in [5.41, 5.74) is 0.278. The van der Waals surface area contributed by atoms with Crippen LogP contribution in [0.1, 0.15) is 24.2 Å². The van der Waals surface area contributed by atoms with Crippen LogP contribution in [-0.2, 0) is 4.74 Å². The molecule has 1 aliphatic rings. The zero-order chi connectivity index (χ0) is 12.5. The Morgan fingerprint density at radius 2 is 2.29 bits per heavy atom. The van der Waals surface area contributed by atoms with Crippen molar-refractivity contribution in [3.8, 4) is 0 Å². The molecule has 0 aromatic carbocycles. The summed E-state index contributed by atoms with van der Waals surface area (Å²) in [5.74, 6) is -0.0226.